The van der Waals surface area contributed by atoms with E-state index in [1.54, 1.807) is 49.8 Å². The zero-order chi connectivity index (χ0) is 18.2. The maximum Gasteiger partial charge on any atom is 0.257 e. The van der Waals surface area contributed by atoms with Crippen molar-refractivity contribution in [3.8, 4) is 5.75 Å². The smallest absolute Gasteiger partial charge is 0.257 e. The number of benzene rings is 2. The van der Waals surface area contributed by atoms with E-state index in [0.717, 1.165) is 24.4 Å². The average Bonchev–Trinajstić information content (AvgIpc) is 2.69. The van der Waals surface area contributed by atoms with E-state index < -0.39 is 0 Å². The number of rotatable bonds is 7. The molecule has 5 nitrogen and oxygen atoms in total. The largest absolute Gasteiger partial charge is 0.497 e. The van der Waals surface area contributed by atoms with Crippen LogP contribution in [0.2, 0.25) is 0 Å². The molecule has 2 N–H and O–H groups in total. The predicted molar refractivity (Wildman–Crippen MR) is 104 cm³/mol. The van der Waals surface area contributed by atoms with Gasteiger partial charge in [-0.15, -0.1) is 0 Å². The Morgan fingerprint density at radius 1 is 1.00 bits per heavy atom. The first kappa shape index (κ1) is 17.5. The third-order valence-electron chi connectivity index (χ3n) is 3.93. The molecule has 1 amide bonds. The lowest BCUT2D eigenvalue weighted by atomic mass is 10.1. The van der Waals surface area contributed by atoms with Crippen LogP contribution < -0.4 is 15.4 Å². The molecule has 26 heavy (non-hydrogen) atoms. The Bertz CT molecular complexity index is 849. The normalized spacial score (nSPS) is 10.2. The maximum atomic E-state index is 12.4. The molecule has 5 heteroatoms. The fourth-order valence-corrected chi connectivity index (χ4v) is 2.53. The second-order valence-electron chi connectivity index (χ2n) is 5.81. The monoisotopic (exact) mass is 347 g/mol. The molecule has 0 saturated carbocycles. The van der Waals surface area contributed by atoms with Gasteiger partial charge < -0.3 is 15.4 Å². The molecule has 0 bridgehead atoms. The summed E-state index contributed by atoms with van der Waals surface area (Å²) in [4.78, 5) is 16.6. The number of carbonyl (C=O) groups is 1. The molecular weight excluding hydrogens is 326 g/mol. The van der Waals surface area contributed by atoms with Crippen LogP contribution in [0.3, 0.4) is 0 Å². The highest BCUT2D eigenvalue weighted by Crippen LogP contribution is 2.16. The molecule has 3 rings (SSSR count). The fraction of sp³-hybridized carbons (Fsp3) is 0.143. The third kappa shape index (κ3) is 4.83. The standard InChI is InChI=1S/C21H21N3O2/c1-26-20-9-7-18(8-10-20)24-21(25)17-13-19(15-22-14-17)23-12-11-16-5-3-2-4-6-16/h2-10,13-15,23H,11-12H2,1H3,(H,24,25). The number of anilines is 2. The number of ether oxygens (including phenoxy) is 1. The minimum absolute atomic E-state index is 0.200. The van der Waals surface area contributed by atoms with Crippen LogP contribution in [0.25, 0.3) is 0 Å². The molecule has 0 unspecified atom stereocenters. The van der Waals surface area contributed by atoms with E-state index in [0.29, 0.717) is 11.3 Å². The minimum Gasteiger partial charge on any atom is -0.497 e. The number of nitrogens with one attached hydrogen (secondary N) is 2. The van der Waals surface area contributed by atoms with Crippen LogP contribution in [-0.4, -0.2) is 24.5 Å². The van der Waals surface area contributed by atoms with Gasteiger partial charge in [0.2, 0.25) is 0 Å². The zero-order valence-corrected chi connectivity index (χ0v) is 14.6. The van der Waals surface area contributed by atoms with Gasteiger partial charge in [0.1, 0.15) is 5.75 Å². The molecule has 1 heterocycles. The molecule has 0 fully saturated rings. The molecular formula is C21H21N3O2. The summed E-state index contributed by atoms with van der Waals surface area (Å²) in [6.45, 7) is 0.773. The van der Waals surface area contributed by atoms with Gasteiger partial charge in [0.15, 0.2) is 0 Å². The van der Waals surface area contributed by atoms with Crippen molar-refractivity contribution in [2.24, 2.45) is 0 Å². The van der Waals surface area contributed by atoms with Crippen molar-refractivity contribution in [2.75, 3.05) is 24.3 Å². The van der Waals surface area contributed by atoms with Gasteiger partial charge in [-0.2, -0.15) is 0 Å². The summed E-state index contributed by atoms with van der Waals surface area (Å²) in [6, 6.07) is 19.3. The highest BCUT2D eigenvalue weighted by atomic mass is 16.5. The van der Waals surface area contributed by atoms with Crippen molar-refractivity contribution in [3.63, 3.8) is 0 Å². The van der Waals surface area contributed by atoms with Crippen molar-refractivity contribution in [3.05, 3.63) is 84.2 Å². The molecule has 2 aromatic carbocycles. The first-order valence-electron chi connectivity index (χ1n) is 8.43. The molecule has 0 aliphatic heterocycles. The summed E-state index contributed by atoms with van der Waals surface area (Å²) in [6.07, 6.45) is 4.18. The first-order chi connectivity index (χ1) is 12.7. The molecule has 0 radical (unpaired) electrons. The molecule has 132 valence electrons. The highest BCUT2D eigenvalue weighted by Gasteiger charge is 2.08. The van der Waals surface area contributed by atoms with Gasteiger partial charge in [0.05, 0.1) is 18.4 Å². The summed E-state index contributed by atoms with van der Waals surface area (Å²) in [5.41, 5.74) is 3.30. The van der Waals surface area contributed by atoms with Crippen LogP contribution >= 0.6 is 0 Å². The van der Waals surface area contributed by atoms with Crippen molar-refractivity contribution in [2.45, 2.75) is 6.42 Å². The summed E-state index contributed by atoms with van der Waals surface area (Å²) >= 11 is 0. The number of amides is 1. The summed E-state index contributed by atoms with van der Waals surface area (Å²) < 4.78 is 5.11. The van der Waals surface area contributed by atoms with E-state index in [-0.39, 0.29) is 5.91 Å². The van der Waals surface area contributed by atoms with Crippen LogP contribution in [0, 0.1) is 0 Å². The Balaban J connectivity index is 1.57. The van der Waals surface area contributed by atoms with Crippen LogP contribution in [0.1, 0.15) is 15.9 Å². The van der Waals surface area contributed by atoms with Crippen molar-refractivity contribution in [1.82, 2.24) is 4.98 Å². The van der Waals surface area contributed by atoms with E-state index in [2.05, 4.69) is 27.8 Å². The number of pyridine rings is 1. The van der Waals surface area contributed by atoms with Crippen molar-refractivity contribution < 1.29 is 9.53 Å². The number of methoxy groups -OCH3 is 1. The van der Waals surface area contributed by atoms with Crippen LogP contribution in [0.15, 0.2) is 73.1 Å². The Morgan fingerprint density at radius 2 is 1.77 bits per heavy atom. The number of carbonyl (C=O) groups excluding carboxylic acids is 1. The van der Waals surface area contributed by atoms with E-state index >= 15 is 0 Å². The molecule has 0 saturated heterocycles. The molecule has 0 atom stereocenters. The maximum absolute atomic E-state index is 12.4. The van der Waals surface area contributed by atoms with Gasteiger partial charge in [0, 0.05) is 24.6 Å². The Hall–Kier alpha value is -3.34. The van der Waals surface area contributed by atoms with E-state index in [1.165, 1.54) is 5.56 Å². The topological polar surface area (TPSA) is 63.2 Å². The van der Waals surface area contributed by atoms with Gasteiger partial charge >= 0.3 is 0 Å². The second-order valence-corrected chi connectivity index (χ2v) is 5.81. The quantitative estimate of drug-likeness (QED) is 0.678. The minimum atomic E-state index is -0.200. The molecule has 3 aromatic rings. The van der Waals surface area contributed by atoms with Gasteiger partial charge in [-0.3, -0.25) is 9.78 Å². The number of aromatic nitrogens is 1. The van der Waals surface area contributed by atoms with Crippen LogP contribution in [0.5, 0.6) is 5.75 Å². The summed E-state index contributed by atoms with van der Waals surface area (Å²) in [5, 5.41) is 6.16. The third-order valence-corrected chi connectivity index (χ3v) is 3.93. The second kappa shape index (κ2) is 8.67. The molecule has 1 aromatic heterocycles. The zero-order valence-electron chi connectivity index (χ0n) is 14.6. The number of hydrogen-bond acceptors (Lipinski definition) is 4. The van der Waals surface area contributed by atoms with Gasteiger partial charge in [-0.25, -0.2) is 0 Å². The van der Waals surface area contributed by atoms with E-state index in [1.807, 2.05) is 18.2 Å². The first-order valence-corrected chi connectivity index (χ1v) is 8.43. The van der Waals surface area contributed by atoms with Crippen LogP contribution in [0.4, 0.5) is 11.4 Å². The fourth-order valence-electron chi connectivity index (χ4n) is 2.53. The van der Waals surface area contributed by atoms with Crippen LogP contribution in [-0.2, 0) is 6.42 Å². The van der Waals surface area contributed by atoms with Gasteiger partial charge in [-0.05, 0) is 42.3 Å². The summed E-state index contributed by atoms with van der Waals surface area (Å²) in [5.74, 6) is 0.545. The van der Waals surface area contributed by atoms with E-state index in [4.69, 9.17) is 4.74 Å². The Morgan fingerprint density at radius 3 is 2.50 bits per heavy atom. The van der Waals surface area contributed by atoms with E-state index in [9.17, 15) is 4.79 Å². The summed E-state index contributed by atoms with van der Waals surface area (Å²) in [7, 11) is 1.61. The average molecular weight is 347 g/mol. The molecule has 0 aliphatic rings. The Kier molecular flexibility index (Phi) is 5.83. The number of nitrogens with zero attached hydrogens (tertiary/aromatic N) is 1. The Labute approximate surface area is 153 Å². The molecule has 0 aliphatic carbocycles. The lowest BCUT2D eigenvalue weighted by Crippen LogP contribution is -2.13. The SMILES string of the molecule is COc1ccc(NC(=O)c2cncc(NCCc3ccccc3)c2)cc1. The van der Waals surface area contributed by atoms with Gasteiger partial charge in [0.25, 0.3) is 5.91 Å². The predicted octanol–water partition coefficient (Wildman–Crippen LogP) is 4.00. The lowest BCUT2D eigenvalue weighted by Gasteiger charge is -2.09. The van der Waals surface area contributed by atoms with Crippen molar-refractivity contribution in [1.29, 1.82) is 0 Å². The number of hydrogen-bond donors (Lipinski definition) is 2. The molecule has 0 spiro atoms. The highest BCUT2D eigenvalue weighted by molar-refractivity contribution is 6.04. The lowest BCUT2D eigenvalue weighted by molar-refractivity contribution is 0.102. The van der Waals surface area contributed by atoms with Crippen molar-refractivity contribution >= 4 is 17.3 Å². The van der Waals surface area contributed by atoms with Gasteiger partial charge in [-0.1, -0.05) is 30.3 Å².